The minimum absolute atomic E-state index is 0.726. The topological polar surface area (TPSA) is 37.8 Å². The third-order valence-electron chi connectivity index (χ3n) is 3.13. The lowest BCUT2D eigenvalue weighted by molar-refractivity contribution is 0.515. The molecule has 1 N–H and O–H groups in total. The second kappa shape index (κ2) is 7.34. The van der Waals surface area contributed by atoms with Gasteiger partial charge in [0.15, 0.2) is 0 Å². The Bertz CT molecular complexity index is 380. The molecule has 1 saturated carbocycles. The lowest BCUT2D eigenvalue weighted by atomic mass is 10.0. The van der Waals surface area contributed by atoms with Crippen LogP contribution in [0.1, 0.15) is 45.4 Å². The van der Waals surface area contributed by atoms with E-state index in [1.54, 1.807) is 6.33 Å². The van der Waals surface area contributed by atoms with E-state index in [1.807, 2.05) is 11.8 Å². The van der Waals surface area contributed by atoms with Gasteiger partial charge in [-0.25, -0.2) is 9.97 Å². The summed E-state index contributed by atoms with van der Waals surface area (Å²) < 4.78 is 1.02. The van der Waals surface area contributed by atoms with Crippen molar-refractivity contribution < 1.29 is 0 Å². The van der Waals surface area contributed by atoms with Crippen molar-refractivity contribution in [1.29, 1.82) is 0 Å². The first-order valence-corrected chi connectivity index (χ1v) is 8.39. The van der Waals surface area contributed by atoms with Gasteiger partial charge in [-0.15, -0.1) is 11.8 Å². The van der Waals surface area contributed by atoms with E-state index in [1.165, 1.54) is 32.1 Å². The van der Waals surface area contributed by atoms with Crippen LogP contribution in [0.2, 0.25) is 0 Å². The summed E-state index contributed by atoms with van der Waals surface area (Å²) in [5.41, 5.74) is 0. The average Bonchev–Trinajstić information content (AvgIpc) is 2.41. The van der Waals surface area contributed by atoms with Crippen molar-refractivity contribution in [3.05, 3.63) is 10.8 Å². The van der Waals surface area contributed by atoms with Gasteiger partial charge in [0, 0.05) is 11.8 Å². The zero-order valence-corrected chi connectivity index (χ0v) is 13.2. The summed E-state index contributed by atoms with van der Waals surface area (Å²) in [6.07, 6.45) is 9.51. The summed E-state index contributed by atoms with van der Waals surface area (Å²) in [6.45, 7) is 3.10. The lowest BCUT2D eigenvalue weighted by Crippen LogP contribution is -2.09. The number of thioether (sulfide) groups is 1. The quantitative estimate of drug-likeness (QED) is 0.808. The maximum Gasteiger partial charge on any atom is 0.144 e. The number of nitrogens with one attached hydrogen (secondary N) is 1. The van der Waals surface area contributed by atoms with Gasteiger partial charge in [0.2, 0.25) is 0 Å². The van der Waals surface area contributed by atoms with Crippen molar-refractivity contribution in [1.82, 2.24) is 9.97 Å². The number of nitrogens with zero attached hydrogens (tertiary/aromatic N) is 2. The predicted molar refractivity (Wildman–Crippen MR) is 81.2 cm³/mol. The second-order valence-electron chi connectivity index (χ2n) is 4.65. The van der Waals surface area contributed by atoms with Crippen LogP contribution in [0.4, 0.5) is 5.82 Å². The molecule has 0 radical (unpaired) electrons. The zero-order valence-electron chi connectivity index (χ0n) is 10.8. The van der Waals surface area contributed by atoms with Gasteiger partial charge in [0.25, 0.3) is 0 Å². The Morgan fingerprint density at radius 2 is 2.11 bits per heavy atom. The highest BCUT2D eigenvalue weighted by Gasteiger charge is 2.18. The van der Waals surface area contributed by atoms with Crippen molar-refractivity contribution >= 4 is 33.5 Å². The van der Waals surface area contributed by atoms with Gasteiger partial charge in [-0.2, -0.15) is 0 Å². The highest BCUT2D eigenvalue weighted by molar-refractivity contribution is 9.10. The van der Waals surface area contributed by atoms with Gasteiger partial charge in [0.1, 0.15) is 17.2 Å². The summed E-state index contributed by atoms with van der Waals surface area (Å²) in [6, 6.07) is 0. The van der Waals surface area contributed by atoms with Crippen LogP contribution >= 0.6 is 27.7 Å². The number of hydrogen-bond acceptors (Lipinski definition) is 4. The number of aromatic nitrogens is 2. The number of hydrogen-bond donors (Lipinski definition) is 1. The van der Waals surface area contributed by atoms with Gasteiger partial charge in [-0.3, -0.25) is 0 Å². The van der Waals surface area contributed by atoms with Crippen LogP contribution in [0.5, 0.6) is 0 Å². The molecule has 1 aliphatic rings. The molecule has 3 nitrogen and oxygen atoms in total. The normalized spacial score (nSPS) is 16.8. The van der Waals surface area contributed by atoms with E-state index < -0.39 is 0 Å². The minimum Gasteiger partial charge on any atom is -0.369 e. The third kappa shape index (κ3) is 3.85. The number of anilines is 1. The van der Waals surface area contributed by atoms with E-state index in [0.29, 0.717) is 0 Å². The molecule has 0 bridgehead atoms. The Balaban J connectivity index is 2.02. The molecule has 0 saturated heterocycles. The highest BCUT2D eigenvalue weighted by Crippen LogP contribution is 2.37. The Labute approximate surface area is 122 Å². The fourth-order valence-electron chi connectivity index (χ4n) is 2.14. The minimum atomic E-state index is 0.726. The Morgan fingerprint density at radius 1 is 1.33 bits per heavy atom. The smallest absolute Gasteiger partial charge is 0.144 e. The maximum absolute atomic E-state index is 4.41. The van der Waals surface area contributed by atoms with Gasteiger partial charge in [0.05, 0.1) is 4.47 Å². The van der Waals surface area contributed by atoms with E-state index in [0.717, 1.165) is 33.5 Å². The van der Waals surface area contributed by atoms with Crippen molar-refractivity contribution in [3.8, 4) is 0 Å². The Kier molecular flexibility index (Phi) is 5.76. The molecule has 1 aromatic rings. The summed E-state index contributed by atoms with van der Waals surface area (Å²) in [5.74, 6) is 0.921. The zero-order chi connectivity index (χ0) is 12.8. The van der Waals surface area contributed by atoms with Crippen LogP contribution in [-0.2, 0) is 0 Å². The molecular weight excluding hydrogens is 310 g/mol. The van der Waals surface area contributed by atoms with Gasteiger partial charge >= 0.3 is 0 Å². The molecule has 0 aromatic carbocycles. The SMILES string of the molecule is CCCNc1ncnc(SC2CCCCC2)c1Br. The summed E-state index contributed by atoms with van der Waals surface area (Å²) in [4.78, 5) is 8.69. The third-order valence-corrected chi connectivity index (χ3v) is 5.48. The first-order chi connectivity index (χ1) is 8.81. The summed E-state index contributed by atoms with van der Waals surface area (Å²) in [5, 5.41) is 5.13. The standard InChI is InChI=1S/C13H20BrN3S/c1-2-8-15-12-11(14)13(17-9-16-12)18-10-6-4-3-5-7-10/h9-10H,2-8H2,1H3,(H,15,16,17). The summed E-state index contributed by atoms with van der Waals surface area (Å²) >= 11 is 5.53. The van der Waals surface area contributed by atoms with Crippen molar-refractivity contribution in [2.45, 2.75) is 55.7 Å². The molecule has 1 fully saturated rings. The molecule has 18 heavy (non-hydrogen) atoms. The van der Waals surface area contributed by atoms with Crippen LogP contribution in [-0.4, -0.2) is 21.8 Å². The highest BCUT2D eigenvalue weighted by atomic mass is 79.9. The van der Waals surface area contributed by atoms with E-state index in [4.69, 9.17) is 0 Å². The average molecular weight is 330 g/mol. The van der Waals surface area contributed by atoms with E-state index in [9.17, 15) is 0 Å². The van der Waals surface area contributed by atoms with E-state index >= 15 is 0 Å². The van der Waals surface area contributed by atoms with Gasteiger partial charge < -0.3 is 5.32 Å². The molecule has 1 aromatic heterocycles. The monoisotopic (exact) mass is 329 g/mol. The molecule has 1 aliphatic carbocycles. The first kappa shape index (κ1) is 14.1. The van der Waals surface area contributed by atoms with Gasteiger partial charge in [-0.1, -0.05) is 26.2 Å². The molecule has 2 rings (SSSR count). The molecular formula is C13H20BrN3S. The van der Waals surface area contributed by atoms with Crippen LogP contribution in [0.15, 0.2) is 15.8 Å². The molecule has 5 heteroatoms. The van der Waals surface area contributed by atoms with E-state index in [2.05, 4.69) is 38.1 Å². The fraction of sp³-hybridized carbons (Fsp3) is 0.692. The fourth-order valence-corrected chi connectivity index (χ4v) is 3.96. The number of rotatable bonds is 5. The van der Waals surface area contributed by atoms with Crippen molar-refractivity contribution in [2.24, 2.45) is 0 Å². The largest absolute Gasteiger partial charge is 0.369 e. The van der Waals surface area contributed by atoms with Crippen LogP contribution in [0, 0.1) is 0 Å². The van der Waals surface area contributed by atoms with Gasteiger partial charge in [-0.05, 0) is 35.2 Å². The lowest BCUT2D eigenvalue weighted by Gasteiger charge is -2.21. The molecule has 100 valence electrons. The van der Waals surface area contributed by atoms with Crippen molar-refractivity contribution in [2.75, 3.05) is 11.9 Å². The first-order valence-electron chi connectivity index (χ1n) is 6.72. The summed E-state index contributed by atoms with van der Waals surface area (Å²) in [7, 11) is 0. The van der Waals surface area contributed by atoms with E-state index in [-0.39, 0.29) is 0 Å². The predicted octanol–water partition coefficient (Wildman–Crippen LogP) is 4.49. The molecule has 0 aliphatic heterocycles. The molecule has 0 amide bonds. The molecule has 0 spiro atoms. The molecule has 1 heterocycles. The van der Waals surface area contributed by atoms with Crippen molar-refractivity contribution in [3.63, 3.8) is 0 Å². The van der Waals surface area contributed by atoms with Crippen LogP contribution in [0.3, 0.4) is 0 Å². The Hall–Kier alpha value is -0.290. The number of halogens is 1. The Morgan fingerprint density at radius 3 is 2.83 bits per heavy atom. The molecule has 0 atom stereocenters. The molecule has 0 unspecified atom stereocenters. The second-order valence-corrected chi connectivity index (χ2v) is 6.73. The van der Waals surface area contributed by atoms with Crippen LogP contribution < -0.4 is 5.32 Å². The van der Waals surface area contributed by atoms with Crippen LogP contribution in [0.25, 0.3) is 0 Å². The maximum atomic E-state index is 4.41.